The molecular weight excluding hydrogens is 1070 g/mol. The number of imidazole rings is 1. The average Bonchev–Trinajstić information content (AvgIpc) is 4.34. The first-order chi connectivity index (χ1) is 38.8. The largest absolute Gasteiger partial charge is 0.464 e. The van der Waals surface area contributed by atoms with E-state index in [2.05, 4.69) is 111 Å². The number of likely N-dealkylation sites (N-methyl/N-ethyl adjacent to an activating group) is 1. The van der Waals surface area contributed by atoms with Gasteiger partial charge in [-0.3, -0.25) is 9.69 Å². The number of anilines is 1. The normalized spacial score (nSPS) is 15.1. The molecule has 2 aromatic carbocycles. The van der Waals surface area contributed by atoms with Crippen LogP contribution in [0.25, 0.3) is 22.4 Å². The molecule has 3 aromatic heterocycles. The summed E-state index contributed by atoms with van der Waals surface area (Å²) in [6.07, 6.45) is 20.3. The van der Waals surface area contributed by atoms with Gasteiger partial charge in [0, 0.05) is 80.6 Å². The maximum Gasteiger partial charge on any atom is 0.199 e. The van der Waals surface area contributed by atoms with Crippen LogP contribution in [0.3, 0.4) is 0 Å². The molecule has 14 nitrogen and oxygen atoms in total. The molecule has 0 amide bonds. The Bertz CT molecular complexity index is 2720. The van der Waals surface area contributed by atoms with Crippen molar-refractivity contribution in [2.75, 3.05) is 64.7 Å². The number of hydrogen-bond donors (Lipinski definition) is 0. The lowest BCUT2D eigenvalue weighted by molar-refractivity contribution is 0.0197. The maximum absolute atomic E-state index is 15.5. The van der Waals surface area contributed by atoms with Crippen molar-refractivity contribution in [3.8, 4) is 17.3 Å². The molecule has 1 fully saturated rings. The Hall–Kier alpha value is -4.15. The number of unbranched alkanes of at least 4 members (excludes halogenated alkanes) is 11. The highest BCUT2D eigenvalue weighted by Gasteiger charge is 2.37. The Labute approximate surface area is 489 Å². The summed E-state index contributed by atoms with van der Waals surface area (Å²) < 4.78 is 44.2. The first kappa shape index (κ1) is 64.4. The number of rotatable bonds is 37. The highest BCUT2D eigenvalue weighted by atomic mass is 28.3. The van der Waals surface area contributed by atoms with E-state index in [1.54, 1.807) is 18.5 Å². The van der Waals surface area contributed by atoms with Crippen molar-refractivity contribution in [2.45, 2.75) is 213 Å². The van der Waals surface area contributed by atoms with Gasteiger partial charge < -0.3 is 33.3 Å². The number of nitrogens with zero attached hydrogens (tertiary/aromatic N) is 9. The molecule has 1 saturated heterocycles. The van der Waals surface area contributed by atoms with Gasteiger partial charge >= 0.3 is 0 Å². The lowest BCUT2D eigenvalue weighted by atomic mass is 9.99. The monoisotopic (exact) mass is 1170 g/mol. The number of ketones is 1. The number of halogens is 1. The van der Waals surface area contributed by atoms with Crippen molar-refractivity contribution < 1.29 is 28.1 Å². The summed E-state index contributed by atoms with van der Waals surface area (Å²) in [5.41, 5.74) is 6.39. The highest BCUT2D eigenvalue weighted by Crippen LogP contribution is 2.36. The summed E-state index contributed by atoms with van der Waals surface area (Å²) in [6, 6.07) is 15.4. The molecule has 1 atom stereocenters. The van der Waals surface area contributed by atoms with Gasteiger partial charge in [0.1, 0.15) is 30.7 Å². The van der Waals surface area contributed by atoms with Crippen LogP contribution < -0.4 is 9.64 Å². The number of ether oxygens (including phenoxy) is 4. The third-order valence-corrected chi connectivity index (χ3v) is 22.8. The third kappa shape index (κ3) is 19.7. The van der Waals surface area contributed by atoms with E-state index < -0.39 is 24.2 Å². The maximum atomic E-state index is 15.5. The number of hydrogen-bond acceptors (Lipinski definition) is 12. The predicted molar refractivity (Wildman–Crippen MR) is 337 cm³/mol. The minimum atomic E-state index is -1.88. The molecule has 0 radical (unpaired) electrons. The van der Waals surface area contributed by atoms with E-state index in [1.807, 2.05) is 16.8 Å². The minimum Gasteiger partial charge on any atom is -0.464 e. The number of aromatic nitrogens is 6. The van der Waals surface area contributed by atoms with E-state index in [1.165, 1.54) is 64.2 Å². The van der Waals surface area contributed by atoms with Gasteiger partial charge in [-0.15, -0.1) is 0 Å². The quantitative estimate of drug-likeness (QED) is 0.0163. The molecule has 448 valence electrons. The van der Waals surface area contributed by atoms with E-state index in [0.717, 1.165) is 127 Å². The Morgan fingerprint density at radius 2 is 1.36 bits per heavy atom. The van der Waals surface area contributed by atoms with Gasteiger partial charge in [0.2, 0.25) is 0 Å². The predicted octanol–water partition coefficient (Wildman–Crippen LogP) is 14.3. The van der Waals surface area contributed by atoms with Crippen molar-refractivity contribution in [1.29, 1.82) is 0 Å². The number of benzene rings is 2. The van der Waals surface area contributed by atoms with Crippen LogP contribution in [0.1, 0.15) is 130 Å². The van der Waals surface area contributed by atoms with Gasteiger partial charge in [0.25, 0.3) is 0 Å². The zero-order chi connectivity index (χ0) is 58.0. The van der Waals surface area contributed by atoms with Crippen LogP contribution in [0.2, 0.25) is 70.5 Å². The second-order valence-electron chi connectivity index (χ2n) is 26.5. The summed E-state index contributed by atoms with van der Waals surface area (Å²) in [6.45, 7) is 30.6. The van der Waals surface area contributed by atoms with Gasteiger partial charge in [0.15, 0.2) is 30.0 Å². The molecule has 5 aromatic rings. The lowest BCUT2D eigenvalue weighted by Gasteiger charge is -2.33. The summed E-state index contributed by atoms with van der Waals surface area (Å²) >= 11 is 0. The molecular formula is C63H102FN9O5Si3. The second kappa shape index (κ2) is 31.1. The van der Waals surface area contributed by atoms with E-state index in [-0.39, 0.29) is 36.9 Å². The number of fused-ring (bicyclic) bond motifs is 2. The fourth-order valence-electron chi connectivity index (χ4n) is 11.1. The summed E-state index contributed by atoms with van der Waals surface area (Å²) in [5.74, 6) is 1.56. The molecule has 7 rings (SSSR count). The van der Waals surface area contributed by atoms with Gasteiger partial charge in [-0.1, -0.05) is 161 Å². The van der Waals surface area contributed by atoms with E-state index in [9.17, 15) is 4.79 Å². The molecule has 0 spiro atoms. The molecule has 0 saturated carbocycles. The number of para-hydroxylation sites is 1. The van der Waals surface area contributed by atoms with Crippen molar-refractivity contribution in [1.82, 2.24) is 39.1 Å². The average molecular weight is 1170 g/mol. The van der Waals surface area contributed by atoms with Gasteiger partial charge in [-0.2, -0.15) is 5.10 Å². The molecule has 2 aliphatic rings. The molecule has 81 heavy (non-hydrogen) atoms. The number of Topliss-reactive ketones (excluding diaryl/α,β-unsaturated/α-hetero) is 1. The number of carbonyl (C=O) groups excluding carboxylic acids is 1. The van der Waals surface area contributed by atoms with Crippen LogP contribution >= 0.6 is 0 Å². The fraction of sp³-hybridized carbons (Fsp3) is 0.667. The molecule has 0 aliphatic carbocycles. The van der Waals surface area contributed by atoms with Crippen LogP contribution in [0.5, 0.6) is 5.75 Å². The van der Waals surface area contributed by atoms with Crippen molar-refractivity contribution >= 4 is 46.7 Å². The van der Waals surface area contributed by atoms with Crippen molar-refractivity contribution in [3.05, 3.63) is 82.8 Å². The molecule has 0 N–H and O–H groups in total. The second-order valence-corrected chi connectivity index (χ2v) is 42.9. The fourth-order valence-corrected chi connectivity index (χ4v) is 14.9. The third-order valence-electron chi connectivity index (χ3n) is 16.5. The van der Waals surface area contributed by atoms with Crippen LogP contribution in [-0.4, -0.2) is 135 Å². The zero-order valence-electron chi connectivity index (χ0n) is 51.9. The highest BCUT2D eigenvalue weighted by molar-refractivity contribution is 6.77. The number of aryl methyl sites for hydroxylation is 1. The van der Waals surface area contributed by atoms with E-state index >= 15 is 4.39 Å². The first-order valence-corrected chi connectivity index (χ1v) is 41.9. The van der Waals surface area contributed by atoms with Crippen LogP contribution in [-0.2, 0) is 53.2 Å². The Balaban J connectivity index is 1.04. The Morgan fingerprint density at radius 3 is 2.01 bits per heavy atom. The van der Waals surface area contributed by atoms with E-state index in [4.69, 9.17) is 39.0 Å². The Kier molecular flexibility index (Phi) is 24.8. The standard InChI is InChI=1S/C63H102FN9O5Si3/c1-12-14-15-16-17-18-19-20-21-22-23-24-29-57(62(74)54-42-66-60(43-65-54)70-32-30-69(3)31-33-70)71-44-55-58(45-71)72(47-75-34-37-79(4,5)6)63(67-55)61-52-27-25-26-28-56(52)73(68-61)48-76-36-39-81(10,11)46-51-40-53(64)59(41-50(51)13-2)78-49-77-35-38-80(7,8)9/h25-28,40-43,57H,12-24,29-39,44-49H2,1-11H3. The molecule has 0 bridgehead atoms. The summed E-state index contributed by atoms with van der Waals surface area (Å²) in [4.78, 5) is 36.7. The minimum absolute atomic E-state index is 0.0305. The topological polar surface area (TPSA) is 125 Å². The zero-order valence-corrected chi connectivity index (χ0v) is 54.9. The van der Waals surface area contributed by atoms with Gasteiger partial charge in [-0.25, -0.2) is 24.0 Å². The van der Waals surface area contributed by atoms with Crippen molar-refractivity contribution in [3.63, 3.8) is 0 Å². The Morgan fingerprint density at radius 1 is 0.716 bits per heavy atom. The van der Waals surface area contributed by atoms with Crippen molar-refractivity contribution in [2.24, 2.45) is 0 Å². The SMILES string of the molecule is CCCCCCCCCCCCCCC(C(=O)c1cnc(N2CCN(C)CC2)cn1)N1Cc2nc(-c3nn(COCC[Si](C)(C)Cc4cc(F)c(OCOCC[Si](C)(C)C)cc4CC)c4ccccc34)n(COCC[Si](C)(C)C)c2C1. The smallest absolute Gasteiger partial charge is 0.199 e. The summed E-state index contributed by atoms with van der Waals surface area (Å²) in [7, 11) is -2.31. The molecule has 2 aliphatic heterocycles. The van der Waals surface area contributed by atoms with Gasteiger partial charge in [0.05, 0.1) is 43.4 Å². The number of carbonyl (C=O) groups is 1. The lowest BCUT2D eigenvalue weighted by Crippen LogP contribution is -2.45. The summed E-state index contributed by atoms with van der Waals surface area (Å²) in [5, 5.41) is 6.27. The van der Waals surface area contributed by atoms with Crippen LogP contribution in [0.4, 0.5) is 10.2 Å². The molecule has 1 unspecified atom stereocenters. The van der Waals surface area contributed by atoms with E-state index in [0.29, 0.717) is 45.3 Å². The van der Waals surface area contributed by atoms with Gasteiger partial charge in [-0.05, 0) is 73.4 Å². The molecule has 18 heteroatoms. The first-order valence-electron chi connectivity index (χ1n) is 31.1. The number of piperazine rings is 1. The van der Waals surface area contributed by atoms with Crippen LogP contribution in [0, 0.1) is 5.82 Å². The molecule has 5 heterocycles. The van der Waals surface area contributed by atoms with Crippen LogP contribution in [0.15, 0.2) is 48.8 Å².